The number of thiophene rings is 1. The normalized spacial score (nSPS) is 10.4. The van der Waals surface area contributed by atoms with Crippen molar-refractivity contribution < 1.29 is 15.0 Å². The molecule has 0 fully saturated rings. The number of aliphatic hydroxyl groups is 2. The Hall–Kier alpha value is -1.35. The van der Waals surface area contributed by atoms with E-state index in [-0.39, 0.29) is 25.2 Å². The molecule has 5 heteroatoms. The average molecular weight is 309 g/mol. The van der Waals surface area contributed by atoms with Crippen LogP contribution in [0.25, 0.3) is 0 Å². The van der Waals surface area contributed by atoms with Crippen molar-refractivity contribution in [3.8, 4) is 11.8 Å². The minimum atomic E-state index is -0.0123. The minimum absolute atomic E-state index is 0.0123. The molecular formula is C16H23NO3S. The molecule has 1 aromatic heterocycles. The van der Waals surface area contributed by atoms with E-state index in [0.29, 0.717) is 24.3 Å². The number of amides is 1. The van der Waals surface area contributed by atoms with Crippen molar-refractivity contribution in [2.75, 3.05) is 19.8 Å². The number of carbonyl (C=O) groups excluding carboxylic acids is 1. The fourth-order valence-electron chi connectivity index (χ4n) is 1.89. The smallest absolute Gasteiger partial charge is 0.264 e. The molecule has 4 nitrogen and oxygen atoms in total. The second-order valence-electron chi connectivity index (χ2n) is 5.07. The summed E-state index contributed by atoms with van der Waals surface area (Å²) in [6, 6.07) is 1.96. The highest BCUT2D eigenvalue weighted by molar-refractivity contribution is 7.14. The van der Waals surface area contributed by atoms with Gasteiger partial charge in [-0.3, -0.25) is 4.79 Å². The first-order valence-corrected chi connectivity index (χ1v) is 7.94. The topological polar surface area (TPSA) is 60.8 Å². The fourth-order valence-corrected chi connectivity index (χ4v) is 2.89. The molecule has 21 heavy (non-hydrogen) atoms. The molecule has 1 aromatic rings. The van der Waals surface area contributed by atoms with Crippen LogP contribution in [0.3, 0.4) is 0 Å². The molecule has 0 saturated carbocycles. The summed E-state index contributed by atoms with van der Waals surface area (Å²) in [5.74, 6) is 5.87. The first-order chi connectivity index (χ1) is 10.0. The number of hydrogen-bond donors (Lipinski definition) is 2. The number of rotatable bonds is 6. The summed E-state index contributed by atoms with van der Waals surface area (Å²) < 4.78 is 0. The molecule has 0 bridgehead atoms. The molecule has 1 heterocycles. The average Bonchev–Trinajstić information content (AvgIpc) is 2.80. The highest BCUT2D eigenvalue weighted by Gasteiger charge is 2.20. The van der Waals surface area contributed by atoms with Gasteiger partial charge in [0.1, 0.15) is 0 Å². The predicted molar refractivity (Wildman–Crippen MR) is 85.5 cm³/mol. The van der Waals surface area contributed by atoms with Crippen LogP contribution in [0.15, 0.2) is 6.07 Å². The van der Waals surface area contributed by atoms with E-state index in [4.69, 9.17) is 10.2 Å². The molecular weight excluding hydrogens is 286 g/mol. The molecule has 0 unspecified atom stereocenters. The molecule has 0 radical (unpaired) electrons. The van der Waals surface area contributed by atoms with E-state index in [9.17, 15) is 4.79 Å². The lowest BCUT2D eigenvalue weighted by atomic mass is 10.2. The Morgan fingerprint density at radius 3 is 2.67 bits per heavy atom. The van der Waals surface area contributed by atoms with Crippen molar-refractivity contribution in [3.63, 3.8) is 0 Å². The van der Waals surface area contributed by atoms with Crippen molar-refractivity contribution in [1.82, 2.24) is 4.90 Å². The summed E-state index contributed by atoms with van der Waals surface area (Å²) in [6.07, 6.45) is 1.02. The van der Waals surface area contributed by atoms with E-state index in [1.54, 1.807) is 4.90 Å². The van der Waals surface area contributed by atoms with Gasteiger partial charge >= 0.3 is 0 Å². The van der Waals surface area contributed by atoms with Gasteiger partial charge in [-0.25, -0.2) is 0 Å². The quantitative estimate of drug-likeness (QED) is 0.790. The fraction of sp³-hybridized carbons (Fsp3) is 0.562. The Morgan fingerprint density at radius 2 is 2.10 bits per heavy atom. The van der Waals surface area contributed by atoms with Crippen molar-refractivity contribution in [1.29, 1.82) is 0 Å². The Bertz CT molecular complexity index is 525. The maximum atomic E-state index is 12.6. The molecule has 116 valence electrons. The highest BCUT2D eigenvalue weighted by atomic mass is 32.1. The van der Waals surface area contributed by atoms with Crippen molar-refractivity contribution in [2.45, 2.75) is 39.7 Å². The first kappa shape index (κ1) is 17.7. The number of carbonyl (C=O) groups is 1. The van der Waals surface area contributed by atoms with Crippen LogP contribution in [0.5, 0.6) is 0 Å². The van der Waals surface area contributed by atoms with Crippen LogP contribution in [-0.4, -0.2) is 46.8 Å². The van der Waals surface area contributed by atoms with Gasteiger partial charge in [0.2, 0.25) is 0 Å². The van der Waals surface area contributed by atoms with E-state index in [1.165, 1.54) is 11.3 Å². The zero-order valence-electron chi connectivity index (χ0n) is 12.8. The summed E-state index contributed by atoms with van der Waals surface area (Å²) in [5.41, 5.74) is 0.986. The van der Waals surface area contributed by atoms with Gasteiger partial charge in [0.05, 0.1) is 16.4 Å². The molecule has 1 amide bonds. The number of nitrogens with zero attached hydrogens (tertiary/aromatic N) is 1. The maximum Gasteiger partial charge on any atom is 0.264 e. The number of hydrogen-bond acceptors (Lipinski definition) is 4. The molecule has 0 spiro atoms. The lowest BCUT2D eigenvalue weighted by Crippen LogP contribution is -2.37. The third-order valence-electron chi connectivity index (χ3n) is 3.01. The van der Waals surface area contributed by atoms with Gasteiger partial charge in [-0.1, -0.05) is 11.8 Å². The second-order valence-corrected chi connectivity index (χ2v) is 6.12. The molecule has 1 rings (SSSR count). The summed E-state index contributed by atoms with van der Waals surface area (Å²) in [4.78, 5) is 15.9. The lowest BCUT2D eigenvalue weighted by molar-refractivity contribution is 0.0698. The lowest BCUT2D eigenvalue weighted by Gasteiger charge is -2.25. The molecule has 0 aliphatic carbocycles. The molecule has 0 aliphatic rings. The van der Waals surface area contributed by atoms with Crippen molar-refractivity contribution >= 4 is 17.2 Å². The SMILES string of the molecule is Cc1cc(C(=O)N(CCCO)C(C)C)sc1C#CCCO. The van der Waals surface area contributed by atoms with Crippen LogP contribution in [-0.2, 0) is 0 Å². The van der Waals surface area contributed by atoms with Crippen LogP contribution >= 0.6 is 11.3 Å². The Labute approximate surface area is 130 Å². The molecule has 0 atom stereocenters. The van der Waals surface area contributed by atoms with Gasteiger partial charge < -0.3 is 15.1 Å². The molecule has 0 aromatic carbocycles. The van der Waals surface area contributed by atoms with E-state index < -0.39 is 0 Å². The van der Waals surface area contributed by atoms with Gasteiger partial charge in [-0.05, 0) is 38.8 Å². The van der Waals surface area contributed by atoms with Crippen LogP contribution in [0, 0.1) is 18.8 Å². The number of aryl methyl sites for hydroxylation is 1. The first-order valence-electron chi connectivity index (χ1n) is 7.13. The van der Waals surface area contributed by atoms with Gasteiger partial charge in [-0.15, -0.1) is 11.3 Å². The third kappa shape index (κ3) is 5.16. The minimum Gasteiger partial charge on any atom is -0.396 e. The van der Waals surface area contributed by atoms with Gasteiger partial charge in [-0.2, -0.15) is 0 Å². The Morgan fingerprint density at radius 1 is 1.38 bits per heavy atom. The van der Waals surface area contributed by atoms with Crippen molar-refractivity contribution in [2.24, 2.45) is 0 Å². The van der Waals surface area contributed by atoms with E-state index >= 15 is 0 Å². The third-order valence-corrected chi connectivity index (χ3v) is 4.15. The molecule has 2 N–H and O–H groups in total. The molecule has 0 aliphatic heterocycles. The largest absolute Gasteiger partial charge is 0.396 e. The Balaban J connectivity index is 2.91. The van der Waals surface area contributed by atoms with Crippen LogP contribution in [0.1, 0.15) is 46.8 Å². The van der Waals surface area contributed by atoms with E-state index in [1.807, 2.05) is 26.8 Å². The highest BCUT2D eigenvalue weighted by Crippen LogP contribution is 2.23. The van der Waals surface area contributed by atoms with Crippen molar-refractivity contribution in [3.05, 3.63) is 21.4 Å². The zero-order valence-corrected chi connectivity index (χ0v) is 13.7. The van der Waals surface area contributed by atoms with Gasteiger partial charge in [0.15, 0.2) is 0 Å². The predicted octanol–water partition coefficient (Wildman–Crippen LogP) is 2.02. The second kappa shape index (κ2) is 8.83. The Kier molecular flexibility index (Phi) is 7.44. The molecule has 0 saturated heterocycles. The van der Waals surface area contributed by atoms with Crippen LogP contribution < -0.4 is 0 Å². The van der Waals surface area contributed by atoms with Crippen LogP contribution in [0.2, 0.25) is 0 Å². The summed E-state index contributed by atoms with van der Waals surface area (Å²) in [5, 5.41) is 17.7. The monoisotopic (exact) mass is 309 g/mol. The maximum absolute atomic E-state index is 12.6. The van der Waals surface area contributed by atoms with E-state index in [0.717, 1.165) is 10.4 Å². The zero-order chi connectivity index (χ0) is 15.8. The standard InChI is InChI=1S/C16H23NO3S/c1-12(2)17(8-6-10-19)16(20)15-11-13(3)14(21-15)7-4-5-9-18/h11-12,18-19H,5-6,8-10H2,1-3H3. The van der Waals surface area contributed by atoms with Gasteiger partial charge in [0.25, 0.3) is 5.91 Å². The summed E-state index contributed by atoms with van der Waals surface area (Å²) >= 11 is 1.39. The summed E-state index contributed by atoms with van der Waals surface area (Å²) in [7, 11) is 0. The summed E-state index contributed by atoms with van der Waals surface area (Å²) in [6.45, 7) is 6.55. The number of aliphatic hydroxyl groups excluding tert-OH is 2. The van der Waals surface area contributed by atoms with Crippen LogP contribution in [0.4, 0.5) is 0 Å². The van der Waals surface area contributed by atoms with E-state index in [2.05, 4.69) is 11.8 Å². The van der Waals surface area contributed by atoms with Gasteiger partial charge in [0, 0.05) is 25.6 Å².